The van der Waals surface area contributed by atoms with Crippen molar-refractivity contribution < 1.29 is 22.4 Å². The summed E-state index contributed by atoms with van der Waals surface area (Å²) < 4.78 is 44.3. The molecule has 3 rings (SSSR count). The number of amides is 1. The Morgan fingerprint density at radius 3 is 2.92 bits per heavy atom. The second-order valence-corrected chi connectivity index (χ2v) is 6.62. The standard InChI is InChI=1S/C16H15F3N3O2S/c1-9-21-13(15(23)22-8-25-7-12(22)6-20)14(24-9)10-3-2-4-11(5-10)16(17,18)19/h2-5,12,20H,6-8H2,1H3/q-1/t12-/m1/s1. The fourth-order valence-corrected chi connectivity index (χ4v) is 3.82. The zero-order valence-corrected chi connectivity index (χ0v) is 14.1. The average Bonchev–Trinajstić information content (AvgIpc) is 3.19. The number of halogens is 3. The van der Waals surface area contributed by atoms with Crippen molar-refractivity contribution in [3.63, 3.8) is 0 Å². The van der Waals surface area contributed by atoms with E-state index in [1.54, 1.807) is 0 Å². The number of alkyl halides is 3. The molecule has 1 aromatic carbocycles. The topological polar surface area (TPSA) is 70.1 Å². The highest BCUT2D eigenvalue weighted by atomic mass is 32.2. The summed E-state index contributed by atoms with van der Waals surface area (Å²) in [4.78, 5) is 18.4. The van der Waals surface area contributed by atoms with E-state index in [9.17, 15) is 18.0 Å². The molecule has 0 bridgehead atoms. The molecule has 1 N–H and O–H groups in total. The van der Waals surface area contributed by atoms with Crippen LogP contribution in [0.15, 0.2) is 28.7 Å². The number of rotatable bonds is 3. The van der Waals surface area contributed by atoms with Gasteiger partial charge >= 0.3 is 6.18 Å². The quantitative estimate of drug-likeness (QED) is 0.810. The maximum atomic E-state index is 12.9. The summed E-state index contributed by atoms with van der Waals surface area (Å²) in [5.41, 5.74) is 6.84. The lowest BCUT2D eigenvalue weighted by atomic mass is 10.1. The molecule has 0 aliphatic carbocycles. The monoisotopic (exact) mass is 370 g/mol. The minimum Gasteiger partial charge on any atom is -0.676 e. The van der Waals surface area contributed by atoms with E-state index in [-0.39, 0.29) is 35.5 Å². The summed E-state index contributed by atoms with van der Waals surface area (Å²) >= 11 is 1.53. The fourth-order valence-electron chi connectivity index (χ4n) is 2.62. The molecule has 2 heterocycles. The van der Waals surface area contributed by atoms with E-state index in [1.165, 1.54) is 35.7 Å². The van der Waals surface area contributed by atoms with E-state index in [0.717, 1.165) is 12.1 Å². The number of carbonyl (C=O) groups excluding carboxylic acids is 1. The van der Waals surface area contributed by atoms with Gasteiger partial charge in [-0.05, 0) is 12.1 Å². The van der Waals surface area contributed by atoms with Crippen LogP contribution in [0.3, 0.4) is 0 Å². The Balaban J connectivity index is 2.01. The van der Waals surface area contributed by atoms with Crippen molar-refractivity contribution in [2.45, 2.75) is 19.1 Å². The van der Waals surface area contributed by atoms with Crippen LogP contribution >= 0.6 is 11.8 Å². The number of hydrogen-bond acceptors (Lipinski definition) is 4. The Morgan fingerprint density at radius 2 is 2.24 bits per heavy atom. The van der Waals surface area contributed by atoms with E-state index in [2.05, 4.69) is 4.98 Å². The van der Waals surface area contributed by atoms with Crippen molar-refractivity contribution in [1.82, 2.24) is 9.88 Å². The molecular formula is C16H15F3N3O2S-. The Morgan fingerprint density at radius 1 is 1.48 bits per heavy atom. The van der Waals surface area contributed by atoms with Gasteiger partial charge in [0.15, 0.2) is 17.3 Å². The second kappa shape index (κ2) is 6.72. The molecule has 1 aliphatic rings. The second-order valence-electron chi connectivity index (χ2n) is 5.62. The molecule has 1 saturated heterocycles. The van der Waals surface area contributed by atoms with Gasteiger partial charge in [-0.1, -0.05) is 12.1 Å². The lowest BCUT2D eigenvalue weighted by Crippen LogP contribution is -2.38. The van der Waals surface area contributed by atoms with Crippen LogP contribution in [0.1, 0.15) is 21.9 Å². The highest BCUT2D eigenvalue weighted by molar-refractivity contribution is 7.99. The van der Waals surface area contributed by atoms with Gasteiger partial charge in [-0.3, -0.25) is 4.79 Å². The third kappa shape index (κ3) is 3.52. The summed E-state index contributed by atoms with van der Waals surface area (Å²) in [5.74, 6) is 0.882. The molecule has 1 aliphatic heterocycles. The van der Waals surface area contributed by atoms with Gasteiger partial charge in [0.25, 0.3) is 5.91 Å². The maximum Gasteiger partial charge on any atom is 0.416 e. The lowest BCUT2D eigenvalue weighted by molar-refractivity contribution is -0.137. The minimum absolute atomic E-state index is 0.0159. The van der Waals surface area contributed by atoms with Crippen LogP contribution in [-0.2, 0) is 6.18 Å². The molecule has 0 spiro atoms. The Kier molecular flexibility index (Phi) is 4.79. The van der Waals surface area contributed by atoms with E-state index >= 15 is 0 Å². The Labute approximate surface area is 146 Å². The molecule has 2 aromatic rings. The number of nitrogens with zero attached hydrogens (tertiary/aromatic N) is 2. The van der Waals surface area contributed by atoms with Gasteiger partial charge in [0, 0.05) is 24.3 Å². The third-order valence-corrected chi connectivity index (χ3v) is 4.95. The van der Waals surface area contributed by atoms with Gasteiger partial charge in [-0.15, -0.1) is 18.3 Å². The molecule has 134 valence electrons. The number of oxazole rings is 1. The van der Waals surface area contributed by atoms with E-state index in [0.29, 0.717) is 11.6 Å². The Hall–Kier alpha value is -2.00. The summed E-state index contributed by atoms with van der Waals surface area (Å²) in [6.07, 6.45) is -4.49. The lowest BCUT2D eigenvalue weighted by Gasteiger charge is -2.24. The van der Waals surface area contributed by atoms with E-state index < -0.39 is 17.6 Å². The molecule has 1 aromatic heterocycles. The molecule has 1 amide bonds. The number of thioether (sulfide) groups is 1. The highest BCUT2D eigenvalue weighted by Crippen LogP contribution is 2.34. The zero-order valence-electron chi connectivity index (χ0n) is 13.3. The van der Waals surface area contributed by atoms with Gasteiger partial charge in [0.2, 0.25) is 0 Å². The predicted octanol–water partition coefficient (Wildman–Crippen LogP) is 4.24. The number of hydrogen-bond donors (Lipinski definition) is 0. The van der Waals surface area contributed by atoms with Crippen molar-refractivity contribution in [3.8, 4) is 11.3 Å². The summed E-state index contributed by atoms with van der Waals surface area (Å²) in [5, 5.41) is 0. The molecule has 0 saturated carbocycles. The fraction of sp³-hybridized carbons (Fsp3) is 0.375. The predicted molar refractivity (Wildman–Crippen MR) is 88.1 cm³/mol. The number of nitrogens with one attached hydrogen (secondary N) is 1. The van der Waals surface area contributed by atoms with Crippen LogP contribution in [0.25, 0.3) is 17.1 Å². The first-order valence-corrected chi connectivity index (χ1v) is 8.65. The highest BCUT2D eigenvalue weighted by Gasteiger charge is 2.33. The summed E-state index contributed by atoms with van der Waals surface area (Å²) in [6, 6.07) is 4.39. The summed E-state index contributed by atoms with van der Waals surface area (Å²) in [7, 11) is 0. The molecule has 25 heavy (non-hydrogen) atoms. The Bertz CT molecular complexity index is 791. The maximum absolute atomic E-state index is 12.9. The first kappa shape index (κ1) is 17.8. The van der Waals surface area contributed by atoms with Crippen molar-refractivity contribution in [1.29, 1.82) is 0 Å². The van der Waals surface area contributed by atoms with E-state index in [4.69, 9.17) is 10.2 Å². The minimum atomic E-state index is -4.49. The molecular weight excluding hydrogens is 355 g/mol. The molecule has 1 atom stereocenters. The largest absolute Gasteiger partial charge is 0.676 e. The summed E-state index contributed by atoms with van der Waals surface area (Å²) in [6.45, 7) is 1.60. The van der Waals surface area contributed by atoms with Crippen molar-refractivity contribution >= 4 is 17.7 Å². The zero-order chi connectivity index (χ0) is 18.2. The smallest absolute Gasteiger partial charge is 0.416 e. The first-order valence-electron chi connectivity index (χ1n) is 7.49. The van der Waals surface area contributed by atoms with Gasteiger partial charge in [-0.2, -0.15) is 13.2 Å². The van der Waals surface area contributed by atoms with E-state index in [1.807, 2.05) is 0 Å². The van der Waals surface area contributed by atoms with Gasteiger partial charge in [-0.25, -0.2) is 4.98 Å². The number of carbonyl (C=O) groups is 1. The van der Waals surface area contributed by atoms with Crippen molar-refractivity contribution in [3.05, 3.63) is 47.1 Å². The van der Waals surface area contributed by atoms with Crippen LogP contribution in [0.4, 0.5) is 13.2 Å². The van der Waals surface area contributed by atoms with Crippen LogP contribution in [0.5, 0.6) is 0 Å². The molecule has 1 fully saturated rings. The van der Waals surface area contributed by atoms with Crippen LogP contribution in [0, 0.1) is 6.92 Å². The molecule has 5 nitrogen and oxygen atoms in total. The molecule has 9 heteroatoms. The van der Waals surface area contributed by atoms with Crippen molar-refractivity contribution in [2.24, 2.45) is 0 Å². The van der Waals surface area contributed by atoms with Gasteiger partial charge in [0.05, 0.1) is 11.4 Å². The molecule has 0 radical (unpaired) electrons. The normalized spacial score (nSPS) is 18.0. The van der Waals surface area contributed by atoms with Gasteiger partial charge in [0.1, 0.15) is 0 Å². The number of aryl methyl sites for hydroxylation is 1. The SMILES string of the molecule is Cc1nc(C(=O)N2CSC[C@H]2C[NH-])c(-c2cccc(C(F)(F)F)c2)o1. The van der Waals surface area contributed by atoms with Crippen LogP contribution < -0.4 is 0 Å². The van der Waals surface area contributed by atoms with Crippen molar-refractivity contribution in [2.75, 3.05) is 18.2 Å². The number of benzene rings is 1. The van der Waals surface area contributed by atoms with Crippen LogP contribution in [0.2, 0.25) is 0 Å². The average molecular weight is 370 g/mol. The van der Waals surface area contributed by atoms with Crippen LogP contribution in [-0.4, -0.2) is 40.0 Å². The third-order valence-electron chi connectivity index (χ3n) is 3.87. The molecule has 0 unspecified atom stereocenters. The van der Waals surface area contributed by atoms with Gasteiger partial charge < -0.3 is 15.1 Å². The first-order chi connectivity index (χ1) is 11.8. The number of aromatic nitrogens is 1.